The maximum absolute atomic E-state index is 12.2. The molecule has 0 radical (unpaired) electrons. The second-order valence-electron chi connectivity index (χ2n) is 3.87. The topological polar surface area (TPSA) is 46.2 Å². The predicted octanol–water partition coefficient (Wildman–Crippen LogP) is 4.17. The van der Waals surface area contributed by atoms with Gasteiger partial charge in [0.1, 0.15) is 4.21 Å². The molecule has 1 aromatic carbocycles. The summed E-state index contributed by atoms with van der Waals surface area (Å²) in [6.45, 7) is 1.82. The third-order valence-corrected chi connectivity index (χ3v) is 5.91. The molecule has 0 saturated heterocycles. The molecule has 0 atom stereocenters. The lowest BCUT2D eigenvalue weighted by atomic mass is 10.3. The van der Waals surface area contributed by atoms with Crippen LogP contribution in [0.1, 0.15) is 4.88 Å². The van der Waals surface area contributed by atoms with Crippen molar-refractivity contribution in [3.05, 3.63) is 41.3 Å². The smallest absolute Gasteiger partial charge is 0.279 e. The molecule has 0 amide bonds. The van der Waals surface area contributed by atoms with E-state index in [0.717, 1.165) is 4.88 Å². The summed E-state index contributed by atoms with van der Waals surface area (Å²) in [5.41, 5.74) is 0.342. The second kappa shape index (κ2) is 6.11. The van der Waals surface area contributed by atoms with Gasteiger partial charge in [-0.3, -0.25) is 4.72 Å². The molecule has 1 N–H and O–H groups in total. The summed E-state index contributed by atoms with van der Waals surface area (Å²) in [5.74, 6) is -2.49. The Morgan fingerprint density at radius 2 is 1.80 bits per heavy atom. The lowest BCUT2D eigenvalue weighted by Gasteiger charge is -2.07. The van der Waals surface area contributed by atoms with Gasteiger partial charge in [-0.05, 0) is 43.3 Å². The van der Waals surface area contributed by atoms with Gasteiger partial charge in [-0.15, -0.1) is 11.3 Å². The van der Waals surface area contributed by atoms with E-state index in [4.69, 9.17) is 0 Å². The van der Waals surface area contributed by atoms with Crippen LogP contribution >= 0.6 is 23.1 Å². The molecule has 0 aliphatic rings. The SMILES string of the molecule is Cc1ccc(S(=O)(=O)Nc2ccc(SC(F)F)cc2)s1. The van der Waals surface area contributed by atoms with Crippen molar-refractivity contribution in [2.24, 2.45) is 0 Å². The average Bonchev–Trinajstić information content (AvgIpc) is 2.78. The molecule has 3 nitrogen and oxygen atoms in total. The summed E-state index contributed by atoms with van der Waals surface area (Å²) >= 11 is 1.59. The Morgan fingerprint density at radius 3 is 2.30 bits per heavy atom. The van der Waals surface area contributed by atoms with Gasteiger partial charge in [-0.25, -0.2) is 8.42 Å². The molecule has 2 rings (SSSR count). The molecule has 20 heavy (non-hydrogen) atoms. The molecule has 0 bridgehead atoms. The summed E-state index contributed by atoms with van der Waals surface area (Å²) in [5, 5.41) is 0. The van der Waals surface area contributed by atoms with Crippen molar-refractivity contribution in [2.75, 3.05) is 4.72 Å². The molecular weight excluding hydrogens is 324 g/mol. The van der Waals surface area contributed by atoms with Gasteiger partial charge in [0.15, 0.2) is 0 Å². The van der Waals surface area contributed by atoms with Crippen LogP contribution < -0.4 is 4.72 Å². The first-order valence-electron chi connectivity index (χ1n) is 5.51. The fraction of sp³-hybridized carbons (Fsp3) is 0.167. The van der Waals surface area contributed by atoms with Gasteiger partial charge in [-0.1, -0.05) is 11.8 Å². The van der Waals surface area contributed by atoms with E-state index in [1.54, 1.807) is 6.07 Å². The Hall–Kier alpha value is -1.12. The van der Waals surface area contributed by atoms with Crippen LogP contribution in [0.4, 0.5) is 14.5 Å². The number of thioether (sulfide) groups is 1. The number of hydrogen-bond acceptors (Lipinski definition) is 4. The number of sulfonamides is 1. The number of benzene rings is 1. The zero-order valence-corrected chi connectivity index (χ0v) is 12.8. The first-order chi connectivity index (χ1) is 9.37. The van der Waals surface area contributed by atoms with Crippen LogP contribution in [0.15, 0.2) is 45.5 Å². The van der Waals surface area contributed by atoms with E-state index in [2.05, 4.69) is 4.72 Å². The standard InChI is InChI=1S/C12H11F2NO2S3/c1-8-2-7-11(18-8)20(16,17)15-9-3-5-10(6-4-9)19-12(13)14/h2-7,12,15H,1H3. The molecule has 0 aliphatic heterocycles. The van der Waals surface area contributed by atoms with E-state index in [1.165, 1.54) is 41.7 Å². The van der Waals surface area contributed by atoms with Crippen molar-refractivity contribution < 1.29 is 17.2 Å². The highest BCUT2D eigenvalue weighted by Gasteiger charge is 2.16. The highest BCUT2D eigenvalue weighted by molar-refractivity contribution is 7.99. The monoisotopic (exact) mass is 335 g/mol. The second-order valence-corrected chi connectivity index (χ2v) is 8.13. The Kier molecular flexibility index (Phi) is 4.66. The van der Waals surface area contributed by atoms with E-state index >= 15 is 0 Å². The van der Waals surface area contributed by atoms with Crippen LogP contribution in [0.5, 0.6) is 0 Å². The molecule has 0 saturated carbocycles. The number of hydrogen-bond donors (Lipinski definition) is 1. The van der Waals surface area contributed by atoms with Crippen LogP contribution in [-0.2, 0) is 10.0 Å². The minimum Gasteiger partial charge on any atom is -0.279 e. The van der Waals surface area contributed by atoms with Crippen molar-refractivity contribution in [3.8, 4) is 0 Å². The summed E-state index contributed by atoms with van der Waals surface area (Å²) in [6.07, 6.45) is 0. The maximum atomic E-state index is 12.2. The van der Waals surface area contributed by atoms with Gasteiger partial charge < -0.3 is 0 Å². The lowest BCUT2D eigenvalue weighted by Crippen LogP contribution is -2.11. The minimum atomic E-state index is -3.61. The Balaban J connectivity index is 2.13. The van der Waals surface area contributed by atoms with Crippen LogP contribution in [0, 0.1) is 6.92 Å². The normalized spacial score (nSPS) is 11.8. The summed E-state index contributed by atoms with van der Waals surface area (Å²) in [4.78, 5) is 1.28. The number of rotatable bonds is 5. The molecule has 0 unspecified atom stereocenters. The molecule has 1 aromatic heterocycles. The lowest BCUT2D eigenvalue weighted by molar-refractivity contribution is 0.252. The zero-order chi connectivity index (χ0) is 14.8. The molecule has 1 heterocycles. The third-order valence-electron chi connectivity index (χ3n) is 2.31. The molecular formula is C12H11F2NO2S3. The molecule has 0 aliphatic carbocycles. The number of alkyl halides is 2. The minimum absolute atomic E-state index is 0.223. The van der Waals surface area contributed by atoms with Crippen molar-refractivity contribution >= 4 is 38.8 Å². The van der Waals surface area contributed by atoms with E-state index < -0.39 is 15.8 Å². The predicted molar refractivity (Wildman–Crippen MR) is 78.2 cm³/mol. The van der Waals surface area contributed by atoms with Crippen LogP contribution in [0.3, 0.4) is 0 Å². The van der Waals surface area contributed by atoms with E-state index in [9.17, 15) is 17.2 Å². The first kappa shape index (κ1) is 15.3. The number of nitrogens with one attached hydrogen (secondary N) is 1. The van der Waals surface area contributed by atoms with Gasteiger partial charge in [0, 0.05) is 15.5 Å². The number of anilines is 1. The van der Waals surface area contributed by atoms with Crippen LogP contribution in [-0.4, -0.2) is 14.2 Å². The number of thiophene rings is 1. The van der Waals surface area contributed by atoms with Gasteiger partial charge in [0.25, 0.3) is 15.8 Å². The summed E-state index contributed by atoms with van der Waals surface area (Å²) < 4.78 is 51.1. The molecule has 8 heteroatoms. The first-order valence-corrected chi connectivity index (χ1v) is 8.69. The third kappa shape index (κ3) is 3.94. The van der Waals surface area contributed by atoms with Crippen LogP contribution in [0.2, 0.25) is 0 Å². The van der Waals surface area contributed by atoms with Crippen molar-refractivity contribution in [1.82, 2.24) is 0 Å². The van der Waals surface area contributed by atoms with Gasteiger partial charge in [0.05, 0.1) is 0 Å². The highest BCUT2D eigenvalue weighted by Crippen LogP contribution is 2.27. The highest BCUT2D eigenvalue weighted by atomic mass is 32.2. The van der Waals surface area contributed by atoms with Crippen molar-refractivity contribution in [3.63, 3.8) is 0 Å². The fourth-order valence-electron chi connectivity index (χ4n) is 1.47. The van der Waals surface area contributed by atoms with Crippen molar-refractivity contribution in [1.29, 1.82) is 0 Å². The summed E-state index contributed by atoms with van der Waals surface area (Å²) in [7, 11) is -3.61. The Bertz CT molecular complexity index is 681. The number of halogens is 2. The maximum Gasteiger partial charge on any atom is 0.288 e. The van der Waals surface area contributed by atoms with E-state index in [1.807, 2.05) is 6.92 Å². The molecule has 0 spiro atoms. The Labute approximate surface area is 124 Å². The molecule has 0 fully saturated rings. The fourth-order valence-corrected chi connectivity index (χ4v) is 4.31. The van der Waals surface area contributed by atoms with E-state index in [-0.39, 0.29) is 4.21 Å². The quantitative estimate of drug-likeness (QED) is 0.834. The molecule has 108 valence electrons. The van der Waals surface area contributed by atoms with Gasteiger partial charge in [-0.2, -0.15) is 8.78 Å². The number of aryl methyl sites for hydroxylation is 1. The zero-order valence-electron chi connectivity index (χ0n) is 10.3. The van der Waals surface area contributed by atoms with Gasteiger partial charge in [0.2, 0.25) is 0 Å². The average molecular weight is 335 g/mol. The largest absolute Gasteiger partial charge is 0.288 e. The summed E-state index contributed by atoms with van der Waals surface area (Å²) in [6, 6.07) is 9.08. The Morgan fingerprint density at radius 1 is 1.15 bits per heavy atom. The van der Waals surface area contributed by atoms with E-state index in [0.29, 0.717) is 22.3 Å². The van der Waals surface area contributed by atoms with Gasteiger partial charge >= 0.3 is 0 Å². The van der Waals surface area contributed by atoms with Crippen LogP contribution in [0.25, 0.3) is 0 Å². The molecule has 2 aromatic rings. The van der Waals surface area contributed by atoms with Crippen molar-refractivity contribution in [2.45, 2.75) is 21.8 Å².